The number of hydrogen-bond acceptors (Lipinski definition) is 4. The van der Waals surface area contributed by atoms with Gasteiger partial charge >= 0.3 is 0 Å². The normalized spacial score (nSPS) is 18.2. The number of carbonyl (C=O) groups is 2. The fraction of sp³-hybridized carbons (Fsp3) is 0.333. The number of para-hydroxylation sites is 1. The van der Waals surface area contributed by atoms with E-state index in [1.807, 2.05) is 0 Å². The fourth-order valence-electron chi connectivity index (χ4n) is 3.57. The molecule has 2 aromatic carbocycles. The number of hydrogen-bond donors (Lipinski definition) is 1. The number of nitrogens with one attached hydrogen (secondary N) is 1. The van der Waals surface area contributed by atoms with Crippen molar-refractivity contribution in [3.05, 3.63) is 65.5 Å². The van der Waals surface area contributed by atoms with Gasteiger partial charge in [0.1, 0.15) is 5.82 Å². The van der Waals surface area contributed by atoms with Gasteiger partial charge in [0.25, 0.3) is 11.8 Å². The minimum absolute atomic E-state index is 0.0992. The van der Waals surface area contributed by atoms with Crippen molar-refractivity contribution in [3.8, 4) is 0 Å². The number of anilines is 1. The minimum atomic E-state index is -0.543. The number of rotatable bonds is 3. The van der Waals surface area contributed by atoms with Gasteiger partial charge in [0, 0.05) is 37.1 Å². The quantitative estimate of drug-likeness (QED) is 0.883. The van der Waals surface area contributed by atoms with Crippen molar-refractivity contribution in [2.45, 2.75) is 18.6 Å². The Kier molecular flexibility index (Phi) is 5.11. The minimum Gasteiger partial charge on any atom is -0.347 e. The Morgan fingerprint density at radius 2 is 1.64 bits per heavy atom. The Bertz CT molecular complexity index is 885. The molecule has 0 bridgehead atoms. The van der Waals surface area contributed by atoms with Gasteiger partial charge in [0.05, 0.1) is 18.9 Å². The largest absolute Gasteiger partial charge is 0.347 e. The lowest BCUT2D eigenvalue weighted by atomic mass is 10.0. The van der Waals surface area contributed by atoms with E-state index >= 15 is 0 Å². The molecule has 2 amide bonds. The molecule has 4 rings (SSSR count). The molecule has 146 valence electrons. The molecule has 2 fully saturated rings. The van der Waals surface area contributed by atoms with Gasteiger partial charge in [-0.15, -0.1) is 0 Å². The second-order valence-electron chi connectivity index (χ2n) is 6.91. The van der Waals surface area contributed by atoms with Gasteiger partial charge in [-0.3, -0.25) is 9.59 Å². The van der Waals surface area contributed by atoms with Crippen LogP contribution in [0.2, 0.25) is 0 Å². The summed E-state index contributed by atoms with van der Waals surface area (Å²) < 4.78 is 25.1. The number of piperidine rings is 1. The summed E-state index contributed by atoms with van der Waals surface area (Å²) in [5.41, 5.74) is 0.817. The summed E-state index contributed by atoms with van der Waals surface area (Å²) in [5, 5.41) is 2.53. The Balaban J connectivity index is 1.44. The van der Waals surface area contributed by atoms with Crippen LogP contribution in [0, 0.1) is 5.82 Å². The molecule has 1 spiro atoms. The van der Waals surface area contributed by atoms with Crippen LogP contribution in [0.4, 0.5) is 10.1 Å². The maximum atomic E-state index is 13.7. The predicted octanol–water partition coefficient (Wildman–Crippen LogP) is 3.06. The van der Waals surface area contributed by atoms with Gasteiger partial charge in [-0.2, -0.15) is 0 Å². The Labute approximate surface area is 162 Å². The molecule has 2 saturated heterocycles. The average Bonchev–Trinajstić information content (AvgIpc) is 3.18. The van der Waals surface area contributed by atoms with Crippen LogP contribution in [-0.2, 0) is 9.47 Å². The van der Waals surface area contributed by atoms with E-state index in [1.54, 1.807) is 35.2 Å². The second-order valence-corrected chi connectivity index (χ2v) is 6.91. The van der Waals surface area contributed by atoms with Crippen LogP contribution < -0.4 is 5.32 Å². The zero-order valence-electron chi connectivity index (χ0n) is 15.3. The zero-order chi connectivity index (χ0) is 19.6. The molecule has 6 nitrogen and oxygen atoms in total. The first-order valence-corrected chi connectivity index (χ1v) is 9.29. The number of nitrogens with zero attached hydrogens (tertiary/aromatic N) is 1. The van der Waals surface area contributed by atoms with Crippen LogP contribution in [0.15, 0.2) is 48.5 Å². The van der Waals surface area contributed by atoms with Crippen LogP contribution in [-0.4, -0.2) is 48.8 Å². The van der Waals surface area contributed by atoms with Crippen molar-refractivity contribution >= 4 is 17.5 Å². The maximum Gasteiger partial charge on any atom is 0.255 e. The molecule has 2 aromatic rings. The van der Waals surface area contributed by atoms with Crippen molar-refractivity contribution in [2.75, 3.05) is 31.6 Å². The van der Waals surface area contributed by atoms with E-state index in [-0.39, 0.29) is 11.6 Å². The molecule has 1 N–H and O–H groups in total. The average molecular weight is 384 g/mol. The summed E-state index contributed by atoms with van der Waals surface area (Å²) in [5.74, 6) is -1.67. The van der Waals surface area contributed by atoms with Gasteiger partial charge < -0.3 is 19.7 Å². The lowest BCUT2D eigenvalue weighted by molar-refractivity contribution is -0.181. The molecule has 0 aromatic heterocycles. The molecule has 0 unspecified atom stereocenters. The summed E-state index contributed by atoms with van der Waals surface area (Å²) in [6, 6.07) is 12.4. The summed E-state index contributed by atoms with van der Waals surface area (Å²) in [4.78, 5) is 27.0. The summed E-state index contributed by atoms with van der Waals surface area (Å²) in [6.07, 6.45) is 1.26. The molecule has 0 aliphatic carbocycles. The summed E-state index contributed by atoms with van der Waals surface area (Å²) in [6.45, 7) is 2.25. The molecule has 0 atom stereocenters. The van der Waals surface area contributed by atoms with Crippen LogP contribution >= 0.6 is 0 Å². The molecule has 2 aliphatic rings. The van der Waals surface area contributed by atoms with Crippen molar-refractivity contribution in [3.63, 3.8) is 0 Å². The van der Waals surface area contributed by atoms with Gasteiger partial charge in [0.2, 0.25) is 0 Å². The second kappa shape index (κ2) is 7.69. The number of benzene rings is 2. The van der Waals surface area contributed by atoms with Crippen molar-refractivity contribution in [2.24, 2.45) is 0 Å². The van der Waals surface area contributed by atoms with Crippen LogP contribution in [0.5, 0.6) is 0 Å². The standard InChI is InChI=1S/C21H21FN2O4/c22-17-6-1-2-7-18(17)23-19(25)15-4-3-5-16(14-15)20(26)24-10-8-21(9-11-24)27-12-13-28-21/h1-7,14H,8-13H2,(H,23,25). The van der Waals surface area contributed by atoms with E-state index in [4.69, 9.17) is 9.47 Å². The lowest BCUT2D eigenvalue weighted by Gasteiger charge is -2.37. The highest BCUT2D eigenvalue weighted by Gasteiger charge is 2.40. The third kappa shape index (κ3) is 3.76. The molecule has 7 heteroatoms. The topological polar surface area (TPSA) is 67.9 Å². The van der Waals surface area contributed by atoms with E-state index in [2.05, 4.69) is 5.32 Å². The fourth-order valence-corrected chi connectivity index (χ4v) is 3.57. The molecular weight excluding hydrogens is 363 g/mol. The Hall–Kier alpha value is -2.77. The smallest absolute Gasteiger partial charge is 0.255 e. The third-order valence-electron chi connectivity index (χ3n) is 5.12. The van der Waals surface area contributed by atoms with E-state index in [0.717, 1.165) is 0 Å². The highest BCUT2D eigenvalue weighted by molar-refractivity contribution is 6.06. The van der Waals surface area contributed by atoms with Crippen molar-refractivity contribution < 1.29 is 23.5 Å². The maximum absolute atomic E-state index is 13.7. The van der Waals surface area contributed by atoms with Crippen molar-refractivity contribution in [1.82, 2.24) is 4.90 Å². The highest BCUT2D eigenvalue weighted by atomic mass is 19.1. The number of ether oxygens (including phenoxy) is 2. The number of carbonyl (C=O) groups excluding carboxylic acids is 2. The Morgan fingerprint density at radius 1 is 0.964 bits per heavy atom. The number of likely N-dealkylation sites (tertiary alicyclic amines) is 1. The summed E-state index contributed by atoms with van der Waals surface area (Å²) >= 11 is 0. The summed E-state index contributed by atoms with van der Waals surface area (Å²) in [7, 11) is 0. The first kappa shape index (κ1) is 18.6. The van der Waals surface area contributed by atoms with E-state index in [9.17, 15) is 14.0 Å². The van der Waals surface area contributed by atoms with Gasteiger partial charge in [0.15, 0.2) is 5.79 Å². The number of amides is 2. The lowest BCUT2D eigenvalue weighted by Crippen LogP contribution is -2.47. The first-order chi connectivity index (χ1) is 13.6. The van der Waals surface area contributed by atoms with Gasteiger partial charge in [-0.1, -0.05) is 18.2 Å². The van der Waals surface area contributed by atoms with Gasteiger partial charge in [-0.25, -0.2) is 4.39 Å². The SMILES string of the molecule is O=C(Nc1ccccc1F)c1cccc(C(=O)N2CCC3(CC2)OCCO3)c1. The Morgan fingerprint density at radius 3 is 2.36 bits per heavy atom. The van der Waals surface area contributed by atoms with Crippen LogP contribution in [0.3, 0.4) is 0 Å². The van der Waals surface area contributed by atoms with Crippen LogP contribution in [0.1, 0.15) is 33.6 Å². The molecule has 28 heavy (non-hydrogen) atoms. The molecular formula is C21H21FN2O4. The first-order valence-electron chi connectivity index (χ1n) is 9.29. The van der Waals surface area contributed by atoms with E-state index < -0.39 is 17.5 Å². The van der Waals surface area contributed by atoms with Gasteiger partial charge in [-0.05, 0) is 30.3 Å². The molecule has 0 saturated carbocycles. The molecule has 2 heterocycles. The van der Waals surface area contributed by atoms with E-state index in [1.165, 1.54) is 18.2 Å². The molecule has 2 aliphatic heterocycles. The third-order valence-corrected chi connectivity index (χ3v) is 5.12. The van der Waals surface area contributed by atoms with Crippen molar-refractivity contribution in [1.29, 1.82) is 0 Å². The van der Waals surface area contributed by atoms with E-state index in [0.29, 0.717) is 50.3 Å². The monoisotopic (exact) mass is 384 g/mol. The zero-order valence-corrected chi connectivity index (χ0v) is 15.3. The molecule has 0 radical (unpaired) electrons. The predicted molar refractivity (Wildman–Crippen MR) is 101 cm³/mol. The van der Waals surface area contributed by atoms with Crippen LogP contribution in [0.25, 0.3) is 0 Å². The highest BCUT2D eigenvalue weighted by Crippen LogP contribution is 2.31. The number of halogens is 1.